The number of piperidine rings is 2. The molecule has 0 aromatic carbocycles. The van der Waals surface area contributed by atoms with E-state index in [1.54, 1.807) is 0 Å². The maximum atomic E-state index is 2.54. The van der Waals surface area contributed by atoms with Gasteiger partial charge in [0.05, 0.1) is 0 Å². The molecule has 0 aromatic heterocycles. The molecule has 0 amide bonds. The smallest absolute Gasteiger partial charge is 0.0100 e. The van der Waals surface area contributed by atoms with Crippen molar-refractivity contribution in [1.29, 1.82) is 0 Å². The third-order valence-electron chi connectivity index (χ3n) is 3.16. The van der Waals surface area contributed by atoms with E-state index in [0.29, 0.717) is 0 Å². The second kappa shape index (κ2) is 6.42. The number of rotatable bonds is 0. The van der Waals surface area contributed by atoms with Gasteiger partial charge >= 0.3 is 0 Å². The average Bonchev–Trinajstić information content (AvgIpc) is 2.14. The molecule has 1 heteroatoms. The van der Waals surface area contributed by atoms with E-state index in [1.807, 2.05) is 27.7 Å². The Morgan fingerprint density at radius 2 is 1.38 bits per heavy atom. The molecular weight excluding hydrogens is 158 g/mol. The van der Waals surface area contributed by atoms with Crippen molar-refractivity contribution in [2.45, 2.75) is 66.0 Å². The number of hydrogen-bond acceptors (Lipinski definition) is 1. The summed E-state index contributed by atoms with van der Waals surface area (Å²) in [6, 6.07) is 1.82. The van der Waals surface area contributed by atoms with Crippen LogP contribution in [0.2, 0.25) is 0 Å². The largest absolute Gasteiger partial charge is 0.301 e. The topological polar surface area (TPSA) is 3.24 Å². The molecule has 0 spiro atoms. The van der Waals surface area contributed by atoms with Crippen molar-refractivity contribution in [3.63, 3.8) is 0 Å². The SMILES string of the molecule is CC.CC.CC1CC2CC(C2)N1C. The molecule has 2 bridgehead atoms. The normalized spacial score (nSPS) is 36.0. The molecule has 1 nitrogen and oxygen atoms in total. The number of fused-ring (bicyclic) bond motifs is 2. The molecule has 3 fully saturated rings. The molecule has 0 N–H and O–H groups in total. The van der Waals surface area contributed by atoms with Gasteiger partial charge in [-0.25, -0.2) is 0 Å². The van der Waals surface area contributed by atoms with Crippen LogP contribution in [0.5, 0.6) is 0 Å². The maximum absolute atomic E-state index is 2.54. The summed E-state index contributed by atoms with van der Waals surface area (Å²) < 4.78 is 0. The van der Waals surface area contributed by atoms with E-state index >= 15 is 0 Å². The van der Waals surface area contributed by atoms with Crippen LogP contribution in [0.1, 0.15) is 53.9 Å². The molecule has 0 aromatic rings. The minimum atomic E-state index is 0.863. The first-order chi connectivity index (χ1) is 6.27. The Labute approximate surface area is 84.5 Å². The van der Waals surface area contributed by atoms with Crippen LogP contribution in [-0.2, 0) is 0 Å². The van der Waals surface area contributed by atoms with E-state index in [9.17, 15) is 0 Å². The van der Waals surface area contributed by atoms with E-state index < -0.39 is 0 Å². The molecule has 1 atom stereocenters. The molecule has 2 heterocycles. The zero-order valence-corrected chi connectivity index (χ0v) is 10.3. The first-order valence-corrected chi connectivity index (χ1v) is 5.99. The van der Waals surface area contributed by atoms with Gasteiger partial charge in [-0.05, 0) is 39.2 Å². The second-order valence-electron chi connectivity index (χ2n) is 3.74. The Kier molecular flexibility index (Phi) is 6.40. The summed E-state index contributed by atoms with van der Waals surface area (Å²) in [4.78, 5) is 2.54. The first-order valence-electron chi connectivity index (χ1n) is 5.99. The van der Waals surface area contributed by atoms with Crippen molar-refractivity contribution in [2.24, 2.45) is 5.92 Å². The van der Waals surface area contributed by atoms with Crippen LogP contribution >= 0.6 is 0 Å². The van der Waals surface area contributed by atoms with Gasteiger partial charge in [0.2, 0.25) is 0 Å². The highest BCUT2D eigenvalue weighted by atomic mass is 15.2. The van der Waals surface area contributed by atoms with Gasteiger partial charge in [-0.2, -0.15) is 0 Å². The predicted molar refractivity (Wildman–Crippen MR) is 61.1 cm³/mol. The Morgan fingerprint density at radius 3 is 1.62 bits per heavy atom. The lowest BCUT2D eigenvalue weighted by Crippen LogP contribution is -2.53. The van der Waals surface area contributed by atoms with Gasteiger partial charge in [-0.15, -0.1) is 0 Å². The third kappa shape index (κ3) is 2.98. The fourth-order valence-electron chi connectivity index (χ4n) is 2.23. The van der Waals surface area contributed by atoms with Crippen LogP contribution < -0.4 is 0 Å². The Morgan fingerprint density at radius 1 is 0.923 bits per heavy atom. The molecule has 3 rings (SSSR count). The van der Waals surface area contributed by atoms with Crippen LogP contribution in [0.15, 0.2) is 0 Å². The van der Waals surface area contributed by atoms with Gasteiger partial charge in [0.1, 0.15) is 0 Å². The quantitative estimate of drug-likeness (QED) is 0.558. The summed E-state index contributed by atoms with van der Waals surface area (Å²) in [5, 5.41) is 0. The summed E-state index contributed by atoms with van der Waals surface area (Å²) in [5.74, 6) is 1.10. The van der Waals surface area contributed by atoms with Crippen LogP contribution in [0.4, 0.5) is 0 Å². The van der Waals surface area contributed by atoms with Crippen molar-refractivity contribution in [1.82, 2.24) is 4.90 Å². The summed E-state index contributed by atoms with van der Waals surface area (Å²) >= 11 is 0. The van der Waals surface area contributed by atoms with Gasteiger partial charge in [-0.3, -0.25) is 0 Å². The van der Waals surface area contributed by atoms with Crippen molar-refractivity contribution in [3.05, 3.63) is 0 Å². The van der Waals surface area contributed by atoms with Crippen LogP contribution in [-0.4, -0.2) is 24.0 Å². The Bertz CT molecular complexity index is 114. The molecule has 80 valence electrons. The van der Waals surface area contributed by atoms with E-state index in [0.717, 1.165) is 18.0 Å². The van der Waals surface area contributed by atoms with E-state index in [2.05, 4.69) is 18.9 Å². The summed E-state index contributed by atoms with van der Waals surface area (Å²) in [6.45, 7) is 10.3. The molecular formula is C12H27N. The van der Waals surface area contributed by atoms with Crippen molar-refractivity contribution >= 4 is 0 Å². The lowest BCUT2D eigenvalue weighted by atomic mass is 9.71. The van der Waals surface area contributed by atoms with Crippen LogP contribution in [0.25, 0.3) is 0 Å². The van der Waals surface area contributed by atoms with E-state index in [4.69, 9.17) is 0 Å². The monoisotopic (exact) mass is 185 g/mol. The predicted octanol–water partition coefficient (Wildman–Crippen LogP) is 3.54. The van der Waals surface area contributed by atoms with Gasteiger partial charge in [-0.1, -0.05) is 27.7 Å². The third-order valence-corrected chi connectivity index (χ3v) is 3.16. The molecule has 3 aliphatic rings. The fraction of sp³-hybridized carbons (Fsp3) is 1.00. The summed E-state index contributed by atoms with van der Waals surface area (Å²) in [7, 11) is 2.27. The lowest BCUT2D eigenvalue weighted by Gasteiger charge is -2.51. The number of nitrogens with zero attached hydrogens (tertiary/aromatic N) is 1. The Hall–Kier alpha value is -0.0400. The zero-order chi connectivity index (χ0) is 10.4. The number of hydrogen-bond donors (Lipinski definition) is 0. The van der Waals surface area contributed by atoms with Crippen molar-refractivity contribution < 1.29 is 0 Å². The highest BCUT2D eigenvalue weighted by Crippen LogP contribution is 2.41. The molecule has 1 saturated carbocycles. The first kappa shape index (κ1) is 13.0. The minimum absolute atomic E-state index is 0.863. The van der Waals surface area contributed by atoms with Crippen LogP contribution in [0.3, 0.4) is 0 Å². The highest BCUT2D eigenvalue weighted by molar-refractivity contribution is 4.94. The van der Waals surface area contributed by atoms with Gasteiger partial charge in [0, 0.05) is 12.1 Å². The van der Waals surface area contributed by atoms with Crippen molar-refractivity contribution in [2.75, 3.05) is 7.05 Å². The molecule has 13 heavy (non-hydrogen) atoms. The zero-order valence-electron chi connectivity index (χ0n) is 10.3. The lowest BCUT2D eigenvalue weighted by molar-refractivity contribution is -0.00557. The molecule has 0 radical (unpaired) electrons. The van der Waals surface area contributed by atoms with Crippen molar-refractivity contribution in [3.8, 4) is 0 Å². The van der Waals surface area contributed by atoms with Crippen LogP contribution in [0, 0.1) is 5.92 Å². The van der Waals surface area contributed by atoms with Gasteiger partial charge in [0.15, 0.2) is 0 Å². The minimum Gasteiger partial charge on any atom is -0.301 e. The molecule has 2 aliphatic heterocycles. The molecule has 1 aliphatic carbocycles. The van der Waals surface area contributed by atoms with E-state index in [1.165, 1.54) is 19.3 Å². The summed E-state index contributed by atoms with van der Waals surface area (Å²) in [5.41, 5.74) is 0. The Balaban J connectivity index is 0.000000322. The maximum Gasteiger partial charge on any atom is 0.0100 e. The highest BCUT2D eigenvalue weighted by Gasteiger charge is 2.39. The van der Waals surface area contributed by atoms with Gasteiger partial charge in [0.25, 0.3) is 0 Å². The average molecular weight is 185 g/mol. The second-order valence-corrected chi connectivity index (χ2v) is 3.74. The molecule has 2 saturated heterocycles. The fourth-order valence-corrected chi connectivity index (χ4v) is 2.23. The van der Waals surface area contributed by atoms with Gasteiger partial charge < -0.3 is 4.90 Å². The standard InChI is InChI=1S/C8H15N.2C2H6/c1-6-3-7-4-8(5-7)9(6)2;2*1-2/h6-8H,3-5H2,1-2H3;2*1-2H3. The summed E-state index contributed by atoms with van der Waals surface area (Å²) in [6.07, 6.45) is 4.43. The molecule has 1 unspecified atom stereocenters. The van der Waals surface area contributed by atoms with E-state index in [-0.39, 0.29) is 0 Å².